The minimum absolute atomic E-state index is 0.0114. The number of halogens is 1. The molecule has 1 amide bonds. The number of hydrogen-bond acceptors (Lipinski definition) is 4. The van der Waals surface area contributed by atoms with Crippen LogP contribution in [0.3, 0.4) is 0 Å². The van der Waals surface area contributed by atoms with Gasteiger partial charge in [-0.3, -0.25) is 9.48 Å². The van der Waals surface area contributed by atoms with Gasteiger partial charge in [-0.25, -0.2) is 0 Å². The number of carbonyl (C=O) groups is 1. The summed E-state index contributed by atoms with van der Waals surface area (Å²) in [5.41, 5.74) is 1.70. The Balaban J connectivity index is 1.65. The van der Waals surface area contributed by atoms with Crippen LogP contribution in [-0.2, 0) is 26.2 Å². The number of hydrogen-bond donors (Lipinski definition) is 1. The van der Waals surface area contributed by atoms with Crippen LogP contribution in [-0.4, -0.2) is 42.6 Å². The summed E-state index contributed by atoms with van der Waals surface area (Å²) in [5.74, 6) is -0.216. The molecule has 1 aromatic carbocycles. The maximum atomic E-state index is 13.0. The van der Waals surface area contributed by atoms with E-state index >= 15 is 0 Å². The van der Waals surface area contributed by atoms with E-state index in [9.17, 15) is 4.79 Å². The van der Waals surface area contributed by atoms with Gasteiger partial charge in [0.15, 0.2) is 0 Å². The summed E-state index contributed by atoms with van der Waals surface area (Å²) in [6.45, 7) is 6.66. The average Bonchev–Trinajstić information content (AvgIpc) is 3.35. The van der Waals surface area contributed by atoms with E-state index in [0.717, 1.165) is 24.2 Å². The molecule has 0 saturated carbocycles. The molecule has 2 aromatic rings. The molecule has 1 saturated heterocycles. The van der Waals surface area contributed by atoms with Crippen molar-refractivity contribution in [2.45, 2.75) is 44.8 Å². The molecular weight excluding hydrogens is 390 g/mol. The predicted octanol–water partition coefficient (Wildman–Crippen LogP) is 3.74. The lowest BCUT2D eigenvalue weighted by Gasteiger charge is -2.28. The van der Waals surface area contributed by atoms with Gasteiger partial charge in [0, 0.05) is 50.0 Å². The molecular formula is C22H30ClN3O3. The Morgan fingerprint density at radius 2 is 2.17 bits per heavy atom. The zero-order valence-corrected chi connectivity index (χ0v) is 18.1. The first-order valence-electron chi connectivity index (χ1n) is 10.1. The third kappa shape index (κ3) is 5.18. The molecule has 1 aromatic heterocycles. The van der Waals surface area contributed by atoms with Crippen LogP contribution in [0.1, 0.15) is 44.1 Å². The summed E-state index contributed by atoms with van der Waals surface area (Å²) in [4.78, 5) is 13.0. The Kier molecular flexibility index (Phi) is 7.33. The normalized spacial score (nSPS) is 19.4. The summed E-state index contributed by atoms with van der Waals surface area (Å²) < 4.78 is 13.0. The first-order chi connectivity index (χ1) is 13.9. The second kappa shape index (κ2) is 9.74. The third-order valence-corrected chi connectivity index (χ3v) is 5.82. The molecule has 0 unspecified atom stereocenters. The van der Waals surface area contributed by atoms with E-state index in [4.69, 9.17) is 21.1 Å². The fraction of sp³-hybridized carbons (Fsp3) is 0.545. The number of aromatic nitrogens is 2. The highest BCUT2D eigenvalue weighted by Crippen LogP contribution is 2.35. The molecule has 0 bridgehead atoms. The first-order valence-corrected chi connectivity index (χ1v) is 10.5. The Morgan fingerprint density at radius 1 is 1.38 bits per heavy atom. The van der Waals surface area contributed by atoms with E-state index in [1.165, 1.54) is 0 Å². The third-order valence-electron chi connectivity index (χ3n) is 5.50. The number of carbonyl (C=O) groups excluding carboxylic acids is 1. The average molecular weight is 420 g/mol. The van der Waals surface area contributed by atoms with Gasteiger partial charge in [0.2, 0.25) is 5.91 Å². The molecule has 0 spiro atoms. The van der Waals surface area contributed by atoms with Gasteiger partial charge in [0.1, 0.15) is 6.10 Å². The zero-order chi connectivity index (χ0) is 20.9. The van der Waals surface area contributed by atoms with Gasteiger partial charge < -0.3 is 14.8 Å². The lowest BCUT2D eigenvalue weighted by molar-refractivity contribution is -0.127. The van der Waals surface area contributed by atoms with Gasteiger partial charge in [-0.1, -0.05) is 43.6 Å². The maximum Gasteiger partial charge on any atom is 0.226 e. The van der Waals surface area contributed by atoms with Gasteiger partial charge >= 0.3 is 0 Å². The number of methoxy groups -OCH3 is 1. The Hall–Kier alpha value is -1.89. The first kappa shape index (κ1) is 21.8. The van der Waals surface area contributed by atoms with Crippen LogP contribution in [0.15, 0.2) is 36.5 Å². The summed E-state index contributed by atoms with van der Waals surface area (Å²) in [6.07, 6.45) is 3.05. The molecule has 1 fully saturated rings. The summed E-state index contributed by atoms with van der Waals surface area (Å²) in [7, 11) is 1.69. The van der Waals surface area contributed by atoms with Crippen LogP contribution in [0.5, 0.6) is 0 Å². The molecule has 6 nitrogen and oxygen atoms in total. The van der Waals surface area contributed by atoms with Crippen LogP contribution in [0.25, 0.3) is 0 Å². The quantitative estimate of drug-likeness (QED) is 0.629. The number of amides is 1. The molecule has 2 heterocycles. The smallest absolute Gasteiger partial charge is 0.226 e. The number of aryl methyl sites for hydroxylation is 1. The highest BCUT2D eigenvalue weighted by atomic mass is 35.5. The Morgan fingerprint density at radius 3 is 2.93 bits per heavy atom. The van der Waals surface area contributed by atoms with E-state index in [1.54, 1.807) is 13.3 Å². The fourth-order valence-corrected chi connectivity index (χ4v) is 4.22. The number of nitrogens with zero attached hydrogens (tertiary/aromatic N) is 2. The summed E-state index contributed by atoms with van der Waals surface area (Å²) in [5, 5.41) is 8.24. The minimum Gasteiger partial charge on any atom is -0.385 e. The van der Waals surface area contributed by atoms with E-state index < -0.39 is 0 Å². The van der Waals surface area contributed by atoms with Crippen LogP contribution >= 0.6 is 11.6 Å². The monoisotopic (exact) mass is 419 g/mol. The fourth-order valence-electron chi connectivity index (χ4n) is 3.82. The van der Waals surface area contributed by atoms with Crippen LogP contribution in [0, 0.1) is 5.92 Å². The summed E-state index contributed by atoms with van der Waals surface area (Å²) >= 11 is 6.36. The molecule has 0 radical (unpaired) electrons. The van der Waals surface area contributed by atoms with E-state index in [1.807, 2.05) is 35.0 Å². The van der Waals surface area contributed by atoms with Crippen molar-refractivity contribution < 1.29 is 14.3 Å². The second-order valence-electron chi connectivity index (χ2n) is 8.09. The van der Waals surface area contributed by atoms with E-state index in [-0.39, 0.29) is 23.3 Å². The van der Waals surface area contributed by atoms with E-state index in [2.05, 4.69) is 24.3 Å². The van der Waals surface area contributed by atoms with Gasteiger partial charge in [-0.05, 0) is 30.5 Å². The standard InChI is InChI=1S/C22H30ClN3O3/c1-22(2,17-7-4-5-8-18(17)23)15-24-21(27)16-10-14-29-20(16)19-9-11-25-26(19)12-6-13-28-3/h4-5,7-9,11,16,20H,6,10,12-15H2,1-3H3,(H,24,27)/t16-,20-/m0/s1. The molecule has 0 aliphatic carbocycles. The van der Waals surface area contributed by atoms with Gasteiger partial charge in [-0.15, -0.1) is 0 Å². The maximum absolute atomic E-state index is 13.0. The second-order valence-corrected chi connectivity index (χ2v) is 8.50. The van der Waals surface area contributed by atoms with Crippen molar-refractivity contribution in [1.82, 2.24) is 15.1 Å². The Labute approximate surface area is 177 Å². The van der Waals surface area contributed by atoms with Gasteiger partial charge in [-0.2, -0.15) is 5.10 Å². The topological polar surface area (TPSA) is 65.4 Å². The van der Waals surface area contributed by atoms with Gasteiger partial charge in [0.05, 0.1) is 11.6 Å². The van der Waals surface area contributed by atoms with Crippen LogP contribution in [0.2, 0.25) is 5.02 Å². The number of nitrogens with one attached hydrogen (secondary N) is 1. The van der Waals surface area contributed by atoms with Crippen LogP contribution < -0.4 is 5.32 Å². The van der Waals surface area contributed by atoms with Crippen molar-refractivity contribution in [3.8, 4) is 0 Å². The predicted molar refractivity (Wildman–Crippen MR) is 113 cm³/mol. The Bertz CT molecular complexity index is 821. The van der Waals surface area contributed by atoms with E-state index in [0.29, 0.717) is 31.2 Å². The molecule has 3 rings (SSSR count). The zero-order valence-electron chi connectivity index (χ0n) is 17.4. The van der Waals surface area contributed by atoms with Gasteiger partial charge in [0.25, 0.3) is 0 Å². The van der Waals surface area contributed by atoms with Crippen molar-refractivity contribution in [3.63, 3.8) is 0 Å². The lowest BCUT2D eigenvalue weighted by atomic mass is 9.84. The minimum atomic E-state index is -0.275. The molecule has 1 aliphatic heterocycles. The molecule has 1 aliphatic rings. The highest BCUT2D eigenvalue weighted by Gasteiger charge is 2.37. The number of benzene rings is 1. The lowest BCUT2D eigenvalue weighted by Crippen LogP contribution is -2.40. The van der Waals surface area contributed by atoms with Crippen molar-refractivity contribution in [2.24, 2.45) is 5.92 Å². The molecule has 2 atom stereocenters. The molecule has 29 heavy (non-hydrogen) atoms. The molecule has 1 N–H and O–H groups in total. The SMILES string of the molecule is COCCCn1nccc1[C@H]1OCC[C@@H]1C(=O)NCC(C)(C)c1ccccc1Cl. The molecule has 158 valence electrons. The van der Waals surface area contributed by atoms with Crippen molar-refractivity contribution in [2.75, 3.05) is 26.9 Å². The van der Waals surface area contributed by atoms with Crippen molar-refractivity contribution in [3.05, 3.63) is 52.8 Å². The van der Waals surface area contributed by atoms with Crippen molar-refractivity contribution in [1.29, 1.82) is 0 Å². The molecule has 7 heteroatoms. The summed E-state index contributed by atoms with van der Waals surface area (Å²) in [6, 6.07) is 9.71. The highest BCUT2D eigenvalue weighted by molar-refractivity contribution is 6.31. The largest absolute Gasteiger partial charge is 0.385 e. The van der Waals surface area contributed by atoms with Crippen LogP contribution in [0.4, 0.5) is 0 Å². The number of rotatable bonds is 9. The number of ether oxygens (including phenoxy) is 2. The van der Waals surface area contributed by atoms with Crippen molar-refractivity contribution >= 4 is 17.5 Å².